The quantitative estimate of drug-likeness (QED) is 0.378. The molecule has 0 spiro atoms. The molecule has 1 aromatic carbocycles. The Kier molecular flexibility index (Phi) is 10.1. The van der Waals surface area contributed by atoms with Gasteiger partial charge >= 0.3 is 0 Å². The van der Waals surface area contributed by atoms with E-state index in [1.165, 1.54) is 16.8 Å². The van der Waals surface area contributed by atoms with Crippen molar-refractivity contribution >= 4 is 11.6 Å². The smallest absolute Gasteiger partial charge is 0.194 e. The van der Waals surface area contributed by atoms with E-state index < -0.39 is 0 Å². The van der Waals surface area contributed by atoms with Crippen molar-refractivity contribution in [1.82, 2.24) is 10.2 Å². The van der Waals surface area contributed by atoms with Gasteiger partial charge in [-0.15, -0.1) is 0 Å². The number of benzene rings is 1. The second-order valence-electron chi connectivity index (χ2n) is 7.24. The van der Waals surface area contributed by atoms with Gasteiger partial charge in [-0.25, -0.2) is 0 Å². The van der Waals surface area contributed by atoms with E-state index in [2.05, 4.69) is 54.1 Å². The molecule has 1 aliphatic heterocycles. The maximum absolute atomic E-state index is 5.51. The van der Waals surface area contributed by atoms with Crippen LogP contribution >= 0.6 is 0 Å². The van der Waals surface area contributed by atoms with Crippen LogP contribution in [0.4, 0.5) is 5.69 Å². The minimum absolute atomic E-state index is 0.663. The molecule has 0 amide bonds. The van der Waals surface area contributed by atoms with Gasteiger partial charge in [-0.2, -0.15) is 0 Å². The molecule has 1 fully saturated rings. The fourth-order valence-electron chi connectivity index (χ4n) is 3.41. The Morgan fingerprint density at radius 3 is 2.57 bits per heavy atom. The lowest BCUT2D eigenvalue weighted by atomic mass is 10.1. The molecule has 0 radical (unpaired) electrons. The first-order chi connectivity index (χ1) is 13.7. The predicted molar refractivity (Wildman–Crippen MR) is 118 cm³/mol. The van der Waals surface area contributed by atoms with Crippen LogP contribution in [-0.4, -0.2) is 77.1 Å². The molecule has 0 saturated carbocycles. The summed E-state index contributed by atoms with van der Waals surface area (Å²) < 4.78 is 10.5. The summed E-state index contributed by atoms with van der Waals surface area (Å²) >= 11 is 0. The van der Waals surface area contributed by atoms with Gasteiger partial charge in [-0.1, -0.05) is 12.1 Å². The van der Waals surface area contributed by atoms with Crippen molar-refractivity contribution in [3.8, 4) is 0 Å². The largest absolute Gasteiger partial charge is 0.382 e. The molecule has 28 heavy (non-hydrogen) atoms. The van der Waals surface area contributed by atoms with Crippen LogP contribution in [0.5, 0.6) is 0 Å². The van der Waals surface area contributed by atoms with E-state index in [1.807, 2.05) is 0 Å². The highest BCUT2D eigenvalue weighted by molar-refractivity contribution is 5.80. The van der Waals surface area contributed by atoms with Crippen LogP contribution in [0.1, 0.15) is 30.9 Å². The maximum Gasteiger partial charge on any atom is 0.194 e. The molecule has 2 rings (SSSR count). The molecule has 158 valence electrons. The summed E-state index contributed by atoms with van der Waals surface area (Å²) in [6.07, 6.45) is 2.08. The molecule has 1 aliphatic rings. The van der Waals surface area contributed by atoms with Crippen molar-refractivity contribution in [3.05, 3.63) is 29.3 Å². The fraction of sp³-hybridized carbons (Fsp3) is 0.682. The summed E-state index contributed by atoms with van der Waals surface area (Å²) in [6, 6.07) is 6.59. The monoisotopic (exact) mass is 390 g/mol. The van der Waals surface area contributed by atoms with Crippen LogP contribution in [0, 0.1) is 13.8 Å². The van der Waals surface area contributed by atoms with Gasteiger partial charge in [0.15, 0.2) is 5.96 Å². The number of rotatable bonds is 10. The normalized spacial score (nSPS) is 15.2. The van der Waals surface area contributed by atoms with Gasteiger partial charge in [0.1, 0.15) is 0 Å². The fourth-order valence-corrected chi connectivity index (χ4v) is 3.41. The first-order valence-electron chi connectivity index (χ1n) is 10.6. The zero-order valence-corrected chi connectivity index (χ0v) is 18.2. The van der Waals surface area contributed by atoms with Gasteiger partial charge in [0.25, 0.3) is 0 Å². The molecule has 0 unspecified atom stereocenters. The Hall–Kier alpha value is -1.79. The minimum Gasteiger partial charge on any atom is -0.382 e. The number of piperazine rings is 1. The number of hydrogen-bond donors (Lipinski definition) is 1. The van der Waals surface area contributed by atoms with Gasteiger partial charge in [0.2, 0.25) is 0 Å². The first kappa shape index (κ1) is 22.5. The van der Waals surface area contributed by atoms with Crippen molar-refractivity contribution in [1.29, 1.82) is 0 Å². The SMILES string of the molecule is CCNC(=NCCCCOCCOC)N1CCN(c2cccc(C)c2C)CC1. The highest BCUT2D eigenvalue weighted by Crippen LogP contribution is 2.23. The van der Waals surface area contributed by atoms with E-state index in [9.17, 15) is 0 Å². The number of hydrogen-bond acceptors (Lipinski definition) is 4. The second kappa shape index (κ2) is 12.6. The number of aryl methyl sites for hydroxylation is 1. The van der Waals surface area contributed by atoms with Crippen molar-refractivity contribution < 1.29 is 9.47 Å². The maximum atomic E-state index is 5.51. The Morgan fingerprint density at radius 1 is 1.07 bits per heavy atom. The number of nitrogens with one attached hydrogen (secondary N) is 1. The minimum atomic E-state index is 0.663. The van der Waals surface area contributed by atoms with Gasteiger partial charge in [0, 0.05) is 58.7 Å². The third kappa shape index (κ3) is 6.99. The third-order valence-electron chi connectivity index (χ3n) is 5.22. The molecule has 0 atom stereocenters. The van der Waals surface area contributed by atoms with Gasteiger partial charge < -0.3 is 24.6 Å². The lowest BCUT2D eigenvalue weighted by molar-refractivity contribution is 0.0690. The number of unbranched alkanes of at least 4 members (excludes halogenated alkanes) is 1. The lowest BCUT2D eigenvalue weighted by Gasteiger charge is -2.38. The highest BCUT2D eigenvalue weighted by atomic mass is 16.5. The third-order valence-corrected chi connectivity index (χ3v) is 5.22. The molecule has 0 bridgehead atoms. The molecule has 6 nitrogen and oxygen atoms in total. The van der Waals surface area contributed by atoms with Crippen LogP contribution in [0.15, 0.2) is 23.2 Å². The molecule has 6 heteroatoms. The molecular formula is C22H38N4O2. The predicted octanol–water partition coefficient (Wildman–Crippen LogP) is 2.83. The Bertz CT molecular complexity index is 598. The van der Waals surface area contributed by atoms with E-state index in [-0.39, 0.29) is 0 Å². The summed E-state index contributed by atoms with van der Waals surface area (Å²) in [5.74, 6) is 1.04. The van der Waals surface area contributed by atoms with Crippen LogP contribution in [-0.2, 0) is 9.47 Å². The van der Waals surface area contributed by atoms with Crippen LogP contribution in [0.2, 0.25) is 0 Å². The van der Waals surface area contributed by atoms with E-state index in [0.717, 1.165) is 64.7 Å². The Balaban J connectivity index is 1.79. The van der Waals surface area contributed by atoms with Crippen LogP contribution in [0.25, 0.3) is 0 Å². The Labute approximate surface area is 170 Å². The zero-order chi connectivity index (χ0) is 20.2. The van der Waals surface area contributed by atoms with E-state index >= 15 is 0 Å². The summed E-state index contributed by atoms with van der Waals surface area (Å²) in [5.41, 5.74) is 4.13. The molecule has 1 N–H and O–H groups in total. The molecule has 0 aromatic heterocycles. The molecule has 1 aromatic rings. The standard InChI is InChI=1S/C22H38N4O2/c1-5-23-22(24-11-6-7-16-28-18-17-27-4)26-14-12-25(13-15-26)21-10-8-9-19(2)20(21)3/h8-10H,5-7,11-18H2,1-4H3,(H,23,24). The van der Waals surface area contributed by atoms with Gasteiger partial charge in [0.05, 0.1) is 13.2 Å². The van der Waals surface area contributed by atoms with E-state index in [4.69, 9.17) is 14.5 Å². The van der Waals surface area contributed by atoms with E-state index in [0.29, 0.717) is 13.2 Å². The second-order valence-corrected chi connectivity index (χ2v) is 7.24. The Morgan fingerprint density at radius 2 is 1.86 bits per heavy atom. The van der Waals surface area contributed by atoms with E-state index in [1.54, 1.807) is 7.11 Å². The average molecular weight is 391 g/mol. The summed E-state index contributed by atoms with van der Waals surface area (Å²) in [6.45, 7) is 14.5. The number of nitrogens with zero attached hydrogens (tertiary/aromatic N) is 3. The average Bonchev–Trinajstić information content (AvgIpc) is 2.71. The molecule has 0 aliphatic carbocycles. The molecule has 1 heterocycles. The number of ether oxygens (including phenoxy) is 2. The number of aliphatic imine (C=N–C) groups is 1. The topological polar surface area (TPSA) is 49.3 Å². The summed E-state index contributed by atoms with van der Waals surface area (Å²) in [7, 11) is 1.70. The van der Waals surface area contributed by atoms with Crippen molar-refractivity contribution in [2.75, 3.05) is 71.1 Å². The van der Waals surface area contributed by atoms with Crippen molar-refractivity contribution in [2.24, 2.45) is 4.99 Å². The van der Waals surface area contributed by atoms with Gasteiger partial charge in [-0.3, -0.25) is 4.99 Å². The number of anilines is 1. The number of guanidine groups is 1. The van der Waals surface area contributed by atoms with Crippen molar-refractivity contribution in [3.63, 3.8) is 0 Å². The molecule has 1 saturated heterocycles. The molecular weight excluding hydrogens is 352 g/mol. The van der Waals surface area contributed by atoms with Crippen LogP contribution < -0.4 is 10.2 Å². The zero-order valence-electron chi connectivity index (χ0n) is 18.2. The number of methoxy groups -OCH3 is 1. The van der Waals surface area contributed by atoms with Crippen LogP contribution in [0.3, 0.4) is 0 Å². The first-order valence-corrected chi connectivity index (χ1v) is 10.6. The van der Waals surface area contributed by atoms with Gasteiger partial charge in [-0.05, 0) is 50.8 Å². The summed E-state index contributed by atoms with van der Waals surface area (Å²) in [4.78, 5) is 9.72. The highest BCUT2D eigenvalue weighted by Gasteiger charge is 2.20. The summed E-state index contributed by atoms with van der Waals surface area (Å²) in [5, 5.41) is 3.46. The van der Waals surface area contributed by atoms with Crippen molar-refractivity contribution in [2.45, 2.75) is 33.6 Å². The lowest BCUT2D eigenvalue weighted by Crippen LogP contribution is -2.52.